The van der Waals surface area contributed by atoms with Gasteiger partial charge in [0.05, 0.1) is 0 Å². The summed E-state index contributed by atoms with van der Waals surface area (Å²) in [5.41, 5.74) is 0.678. The van der Waals surface area contributed by atoms with Gasteiger partial charge >= 0.3 is 6.09 Å². The summed E-state index contributed by atoms with van der Waals surface area (Å²) in [5, 5.41) is 0. The molecule has 156 valence electrons. The molecule has 0 radical (unpaired) electrons. The SMILES string of the molecule is CCCCN1CCC[C@@H]1c1cccnc1N(C(=O)OC(C)(C)C)C1CCCC1. The number of anilines is 1. The van der Waals surface area contributed by atoms with Crippen LogP contribution in [0.25, 0.3) is 0 Å². The van der Waals surface area contributed by atoms with Crippen molar-refractivity contribution in [3.63, 3.8) is 0 Å². The van der Waals surface area contributed by atoms with E-state index in [-0.39, 0.29) is 12.1 Å². The zero-order valence-corrected chi connectivity index (χ0v) is 18.1. The quantitative estimate of drug-likeness (QED) is 0.628. The second-order valence-corrected chi connectivity index (χ2v) is 9.25. The molecule has 0 spiro atoms. The van der Waals surface area contributed by atoms with Crippen LogP contribution < -0.4 is 4.90 Å². The van der Waals surface area contributed by atoms with E-state index in [2.05, 4.69) is 17.9 Å². The van der Waals surface area contributed by atoms with Gasteiger partial charge in [0.25, 0.3) is 0 Å². The van der Waals surface area contributed by atoms with Crippen molar-refractivity contribution >= 4 is 11.9 Å². The smallest absolute Gasteiger partial charge is 0.416 e. The number of carbonyl (C=O) groups excluding carboxylic acids is 1. The lowest BCUT2D eigenvalue weighted by atomic mass is 10.0. The highest BCUT2D eigenvalue weighted by Crippen LogP contribution is 2.39. The number of unbranched alkanes of at least 4 members (excludes halogenated alkanes) is 1. The van der Waals surface area contributed by atoms with Crippen molar-refractivity contribution in [3.05, 3.63) is 23.9 Å². The van der Waals surface area contributed by atoms with Gasteiger partial charge < -0.3 is 4.74 Å². The maximum atomic E-state index is 13.2. The lowest BCUT2D eigenvalue weighted by molar-refractivity contribution is 0.0564. The summed E-state index contributed by atoms with van der Waals surface area (Å²) in [6.07, 6.45) is 10.7. The molecule has 1 aliphatic carbocycles. The van der Waals surface area contributed by atoms with Crippen LogP contribution in [0.15, 0.2) is 18.3 Å². The summed E-state index contributed by atoms with van der Waals surface area (Å²) >= 11 is 0. The Bertz CT molecular complexity index is 649. The number of likely N-dealkylation sites (tertiary alicyclic amines) is 1. The highest BCUT2D eigenvalue weighted by Gasteiger charge is 2.36. The van der Waals surface area contributed by atoms with Crippen LogP contribution in [0.5, 0.6) is 0 Å². The van der Waals surface area contributed by atoms with Gasteiger partial charge in [-0.25, -0.2) is 9.78 Å². The first-order valence-electron chi connectivity index (χ1n) is 11.1. The van der Waals surface area contributed by atoms with E-state index in [4.69, 9.17) is 9.72 Å². The summed E-state index contributed by atoms with van der Waals surface area (Å²) in [6, 6.07) is 4.72. The van der Waals surface area contributed by atoms with Gasteiger partial charge in [0, 0.05) is 23.8 Å². The molecule has 5 heteroatoms. The summed E-state index contributed by atoms with van der Waals surface area (Å²) in [5.74, 6) is 0.817. The molecule has 1 aromatic heterocycles. The standard InChI is InChI=1S/C23H37N3O2/c1-5-6-16-25-17-10-14-20(25)19-13-9-15-24-21(19)26(18-11-7-8-12-18)22(27)28-23(2,3)4/h9,13,15,18,20H,5-8,10-12,14,16-17H2,1-4H3/t20-/m1/s1. The third-order valence-corrected chi connectivity index (χ3v) is 5.85. The molecule has 28 heavy (non-hydrogen) atoms. The van der Waals surface area contributed by atoms with Crippen LogP contribution in [0.2, 0.25) is 0 Å². The number of carbonyl (C=O) groups is 1. The summed E-state index contributed by atoms with van der Waals surface area (Å²) in [7, 11) is 0. The molecule has 5 nitrogen and oxygen atoms in total. The minimum absolute atomic E-state index is 0.189. The van der Waals surface area contributed by atoms with Crippen LogP contribution >= 0.6 is 0 Å². The van der Waals surface area contributed by atoms with Crippen molar-refractivity contribution in [2.45, 2.75) is 96.7 Å². The van der Waals surface area contributed by atoms with Gasteiger partial charge in [-0.1, -0.05) is 32.3 Å². The highest BCUT2D eigenvalue weighted by atomic mass is 16.6. The Balaban J connectivity index is 1.93. The van der Waals surface area contributed by atoms with Crippen LogP contribution in [0, 0.1) is 0 Å². The predicted molar refractivity (Wildman–Crippen MR) is 114 cm³/mol. The van der Waals surface area contributed by atoms with Crippen molar-refractivity contribution in [1.29, 1.82) is 0 Å². The number of hydrogen-bond acceptors (Lipinski definition) is 4. The lowest BCUT2D eigenvalue weighted by Gasteiger charge is -2.34. The lowest BCUT2D eigenvalue weighted by Crippen LogP contribution is -2.44. The van der Waals surface area contributed by atoms with E-state index in [0.29, 0.717) is 6.04 Å². The van der Waals surface area contributed by atoms with E-state index >= 15 is 0 Å². The van der Waals surface area contributed by atoms with E-state index in [9.17, 15) is 4.79 Å². The van der Waals surface area contributed by atoms with Gasteiger partial charge in [-0.15, -0.1) is 0 Å². The molecular weight excluding hydrogens is 350 g/mol. The largest absolute Gasteiger partial charge is 0.443 e. The fraction of sp³-hybridized carbons (Fsp3) is 0.739. The molecule has 1 aliphatic heterocycles. The fourth-order valence-corrected chi connectivity index (χ4v) is 4.56. The first kappa shape index (κ1) is 21.1. The molecule has 2 heterocycles. The molecule has 1 aromatic rings. The normalized spacial score (nSPS) is 21.2. The highest BCUT2D eigenvalue weighted by molar-refractivity contribution is 5.88. The Morgan fingerprint density at radius 3 is 2.68 bits per heavy atom. The van der Waals surface area contributed by atoms with Gasteiger partial charge in [0.1, 0.15) is 11.4 Å². The topological polar surface area (TPSA) is 45.7 Å². The first-order valence-corrected chi connectivity index (χ1v) is 11.1. The predicted octanol–water partition coefficient (Wildman–Crippen LogP) is 5.70. The van der Waals surface area contributed by atoms with Gasteiger partial charge in [-0.2, -0.15) is 0 Å². The number of nitrogens with zero attached hydrogens (tertiary/aromatic N) is 3. The zero-order chi connectivity index (χ0) is 20.1. The monoisotopic (exact) mass is 387 g/mol. The van der Waals surface area contributed by atoms with Crippen LogP contribution in [-0.4, -0.2) is 40.7 Å². The first-order chi connectivity index (χ1) is 13.4. The van der Waals surface area contributed by atoms with Crippen LogP contribution in [0.3, 0.4) is 0 Å². The van der Waals surface area contributed by atoms with E-state index in [1.165, 1.54) is 24.8 Å². The summed E-state index contributed by atoms with van der Waals surface area (Å²) in [6.45, 7) is 10.3. The average Bonchev–Trinajstić information content (AvgIpc) is 3.31. The molecule has 3 rings (SSSR count). The Labute approximate surface area is 170 Å². The number of pyridine rings is 1. The number of rotatable bonds is 6. The molecule has 0 aromatic carbocycles. The van der Waals surface area contributed by atoms with Crippen LogP contribution in [-0.2, 0) is 4.74 Å². The molecule has 0 unspecified atom stereocenters. The molecule has 1 amide bonds. The van der Waals surface area contributed by atoms with Crippen LogP contribution in [0.1, 0.15) is 90.7 Å². The third-order valence-electron chi connectivity index (χ3n) is 5.85. The molecule has 2 fully saturated rings. The molecule has 1 atom stereocenters. The summed E-state index contributed by atoms with van der Waals surface area (Å²) in [4.78, 5) is 22.4. The van der Waals surface area contributed by atoms with Crippen molar-refractivity contribution in [3.8, 4) is 0 Å². The van der Waals surface area contributed by atoms with E-state index in [0.717, 1.165) is 51.0 Å². The van der Waals surface area contributed by atoms with Crippen molar-refractivity contribution in [2.24, 2.45) is 0 Å². The van der Waals surface area contributed by atoms with Gasteiger partial charge in [0.15, 0.2) is 0 Å². The van der Waals surface area contributed by atoms with Gasteiger partial charge in [-0.05, 0) is 72.0 Å². The van der Waals surface area contributed by atoms with E-state index in [1.807, 2.05) is 37.9 Å². The second kappa shape index (κ2) is 9.25. The van der Waals surface area contributed by atoms with Gasteiger partial charge in [-0.3, -0.25) is 9.80 Å². The molecule has 1 saturated heterocycles. The van der Waals surface area contributed by atoms with E-state index in [1.54, 1.807) is 0 Å². The zero-order valence-electron chi connectivity index (χ0n) is 18.1. The molecule has 2 aliphatic rings. The number of aromatic nitrogens is 1. The third kappa shape index (κ3) is 5.05. The molecule has 0 bridgehead atoms. The molecular formula is C23H37N3O2. The maximum absolute atomic E-state index is 13.2. The second-order valence-electron chi connectivity index (χ2n) is 9.25. The number of hydrogen-bond donors (Lipinski definition) is 0. The number of amides is 1. The molecule has 1 saturated carbocycles. The van der Waals surface area contributed by atoms with Crippen molar-refractivity contribution in [1.82, 2.24) is 9.88 Å². The van der Waals surface area contributed by atoms with Crippen LogP contribution in [0.4, 0.5) is 10.6 Å². The van der Waals surface area contributed by atoms with Gasteiger partial charge in [0.2, 0.25) is 0 Å². The Kier molecular flexibility index (Phi) is 6.97. The maximum Gasteiger partial charge on any atom is 0.416 e. The molecule has 0 N–H and O–H groups in total. The Hall–Kier alpha value is -1.62. The average molecular weight is 388 g/mol. The minimum Gasteiger partial charge on any atom is -0.443 e. The number of ether oxygens (including phenoxy) is 1. The van der Waals surface area contributed by atoms with E-state index < -0.39 is 5.60 Å². The van der Waals surface area contributed by atoms with Crippen molar-refractivity contribution < 1.29 is 9.53 Å². The minimum atomic E-state index is -0.511. The van der Waals surface area contributed by atoms with Crippen molar-refractivity contribution in [2.75, 3.05) is 18.0 Å². The Morgan fingerprint density at radius 2 is 2.00 bits per heavy atom. The summed E-state index contributed by atoms with van der Waals surface area (Å²) < 4.78 is 5.81. The Morgan fingerprint density at radius 1 is 1.25 bits per heavy atom. The fourth-order valence-electron chi connectivity index (χ4n) is 4.56.